The zero-order valence-corrected chi connectivity index (χ0v) is 22.1. The molecule has 1 aliphatic rings. The lowest BCUT2D eigenvalue weighted by Crippen LogP contribution is -2.49. The number of pyridine rings is 1. The van der Waals surface area contributed by atoms with E-state index in [4.69, 9.17) is 0 Å². The molecule has 4 aromatic rings. The number of hydrogen-bond acceptors (Lipinski definition) is 6. The number of aromatic amines is 1. The van der Waals surface area contributed by atoms with Gasteiger partial charge in [0.15, 0.2) is 5.82 Å². The van der Waals surface area contributed by atoms with E-state index in [1.807, 2.05) is 35.9 Å². The van der Waals surface area contributed by atoms with E-state index in [0.29, 0.717) is 24.5 Å². The van der Waals surface area contributed by atoms with Gasteiger partial charge in [0.25, 0.3) is 5.56 Å². The van der Waals surface area contributed by atoms with E-state index < -0.39 is 6.04 Å². The Morgan fingerprint density at radius 3 is 2.38 bits per heavy atom. The molecule has 1 saturated heterocycles. The number of aryl methyl sites for hydroxylation is 2. The maximum atomic E-state index is 13.6. The van der Waals surface area contributed by atoms with Crippen molar-refractivity contribution in [1.29, 1.82) is 0 Å². The van der Waals surface area contributed by atoms with Crippen molar-refractivity contribution in [3.63, 3.8) is 0 Å². The third-order valence-corrected chi connectivity index (χ3v) is 7.83. The van der Waals surface area contributed by atoms with Gasteiger partial charge in [0, 0.05) is 42.9 Å². The molecule has 0 radical (unpaired) electrons. The number of piperazine rings is 1. The van der Waals surface area contributed by atoms with Crippen LogP contribution in [0.5, 0.6) is 0 Å². The maximum Gasteiger partial charge on any atom is 0.253 e. The molecule has 0 unspecified atom stereocenters. The summed E-state index contributed by atoms with van der Waals surface area (Å²) in [6, 6.07) is 12.3. The lowest BCUT2D eigenvalue weighted by atomic mass is 9.98. The summed E-state index contributed by atoms with van der Waals surface area (Å²) in [7, 11) is 0. The van der Waals surface area contributed by atoms with Crippen molar-refractivity contribution in [2.75, 3.05) is 31.1 Å². The predicted octanol–water partition coefficient (Wildman–Crippen LogP) is 4.33. The summed E-state index contributed by atoms with van der Waals surface area (Å²) in [6.07, 6.45) is 0.836. The molecule has 37 heavy (non-hydrogen) atoms. The number of fused-ring (bicyclic) bond motifs is 1. The second-order valence-corrected chi connectivity index (χ2v) is 10.6. The number of halogens is 1. The summed E-state index contributed by atoms with van der Waals surface area (Å²) in [6.45, 7) is 13.3. The number of nitrogens with one attached hydrogen (secondary N) is 1. The zero-order valence-electron chi connectivity index (χ0n) is 22.1. The van der Waals surface area contributed by atoms with E-state index in [9.17, 15) is 9.18 Å². The topological polar surface area (TPSA) is 82.9 Å². The number of hydrogen-bond donors (Lipinski definition) is 1. The standard InChI is InChI=1S/C28H34FN7O/c1-6-28(4,5)36-26(31-32-33-36)25(23-17-20-15-18(2)19(3)16-24(20)30-27(23)37)35-13-11-34(12-14-35)22-9-7-21(29)8-10-22/h7-10,15-17,25H,6,11-14H2,1-5H3,(H,30,37)/t25-/m0/s1. The van der Waals surface area contributed by atoms with Gasteiger partial charge in [-0.15, -0.1) is 5.10 Å². The second-order valence-electron chi connectivity index (χ2n) is 10.6. The van der Waals surface area contributed by atoms with Gasteiger partial charge < -0.3 is 9.88 Å². The van der Waals surface area contributed by atoms with Crippen LogP contribution < -0.4 is 10.5 Å². The molecule has 5 rings (SSSR count). The van der Waals surface area contributed by atoms with Gasteiger partial charge in [-0.25, -0.2) is 9.07 Å². The number of benzene rings is 2. The van der Waals surface area contributed by atoms with Crippen LogP contribution in [0.2, 0.25) is 0 Å². The number of rotatable bonds is 6. The lowest BCUT2D eigenvalue weighted by molar-refractivity contribution is 0.186. The maximum absolute atomic E-state index is 13.6. The smallest absolute Gasteiger partial charge is 0.253 e. The molecule has 8 nitrogen and oxygen atoms in total. The molecule has 3 heterocycles. The molecule has 1 fully saturated rings. The molecule has 1 aliphatic heterocycles. The average Bonchev–Trinajstić information content (AvgIpc) is 3.37. The Hall–Kier alpha value is -3.59. The predicted molar refractivity (Wildman–Crippen MR) is 144 cm³/mol. The van der Waals surface area contributed by atoms with E-state index >= 15 is 0 Å². The molecular formula is C28H34FN7O. The minimum atomic E-state index is -0.411. The first-order chi connectivity index (χ1) is 17.7. The Morgan fingerprint density at radius 1 is 1.03 bits per heavy atom. The first-order valence-electron chi connectivity index (χ1n) is 12.9. The molecule has 1 N–H and O–H groups in total. The van der Waals surface area contributed by atoms with Crippen molar-refractivity contribution >= 4 is 16.6 Å². The van der Waals surface area contributed by atoms with Crippen LogP contribution in [-0.4, -0.2) is 56.3 Å². The summed E-state index contributed by atoms with van der Waals surface area (Å²) in [5.41, 5.74) is 4.31. The highest BCUT2D eigenvalue weighted by atomic mass is 19.1. The van der Waals surface area contributed by atoms with Crippen molar-refractivity contribution in [2.45, 2.75) is 52.6 Å². The third kappa shape index (κ3) is 4.75. The summed E-state index contributed by atoms with van der Waals surface area (Å²) < 4.78 is 15.3. The largest absolute Gasteiger partial charge is 0.369 e. The van der Waals surface area contributed by atoms with Crippen LogP contribution in [-0.2, 0) is 5.54 Å². The van der Waals surface area contributed by atoms with Crippen molar-refractivity contribution in [1.82, 2.24) is 30.1 Å². The number of anilines is 1. The molecule has 2 aromatic carbocycles. The summed E-state index contributed by atoms with van der Waals surface area (Å²) >= 11 is 0. The molecule has 1 atom stereocenters. The molecule has 0 bridgehead atoms. The van der Waals surface area contributed by atoms with Gasteiger partial charge in [0.1, 0.15) is 11.9 Å². The minimum Gasteiger partial charge on any atom is -0.369 e. The fraction of sp³-hybridized carbons (Fsp3) is 0.429. The van der Waals surface area contributed by atoms with Crippen LogP contribution in [0.4, 0.5) is 10.1 Å². The number of tetrazole rings is 1. The average molecular weight is 504 g/mol. The fourth-order valence-electron chi connectivity index (χ4n) is 5.03. The van der Waals surface area contributed by atoms with E-state index in [-0.39, 0.29) is 16.9 Å². The molecule has 0 aliphatic carbocycles. The zero-order chi connectivity index (χ0) is 26.3. The van der Waals surface area contributed by atoms with Crippen molar-refractivity contribution in [3.05, 3.63) is 81.2 Å². The lowest BCUT2D eigenvalue weighted by Gasteiger charge is -2.40. The van der Waals surface area contributed by atoms with E-state index in [2.05, 4.69) is 64.1 Å². The molecular weight excluding hydrogens is 469 g/mol. The van der Waals surface area contributed by atoms with Crippen LogP contribution in [0, 0.1) is 19.7 Å². The van der Waals surface area contributed by atoms with Crippen molar-refractivity contribution < 1.29 is 4.39 Å². The van der Waals surface area contributed by atoms with Crippen LogP contribution in [0.25, 0.3) is 10.9 Å². The van der Waals surface area contributed by atoms with Gasteiger partial charge in [-0.2, -0.15) is 0 Å². The van der Waals surface area contributed by atoms with Gasteiger partial charge in [-0.3, -0.25) is 9.69 Å². The van der Waals surface area contributed by atoms with Gasteiger partial charge in [-0.1, -0.05) is 6.92 Å². The van der Waals surface area contributed by atoms with Crippen molar-refractivity contribution in [3.8, 4) is 0 Å². The summed E-state index contributed by atoms with van der Waals surface area (Å²) in [4.78, 5) is 21.2. The molecule has 2 aromatic heterocycles. The van der Waals surface area contributed by atoms with Gasteiger partial charge >= 0.3 is 0 Å². The summed E-state index contributed by atoms with van der Waals surface area (Å²) in [5.74, 6) is 0.421. The Kier molecular flexibility index (Phi) is 6.58. The quantitative estimate of drug-likeness (QED) is 0.422. The van der Waals surface area contributed by atoms with Gasteiger partial charge in [0.05, 0.1) is 5.54 Å². The first kappa shape index (κ1) is 25.1. The third-order valence-electron chi connectivity index (χ3n) is 7.83. The van der Waals surface area contributed by atoms with Crippen LogP contribution >= 0.6 is 0 Å². The molecule has 194 valence electrons. The Balaban J connectivity index is 1.57. The van der Waals surface area contributed by atoms with E-state index in [1.165, 1.54) is 17.7 Å². The highest BCUT2D eigenvalue weighted by Gasteiger charge is 2.35. The van der Waals surface area contributed by atoms with Crippen LogP contribution in [0.3, 0.4) is 0 Å². The van der Waals surface area contributed by atoms with Crippen LogP contribution in [0.15, 0.2) is 47.3 Å². The normalized spacial score (nSPS) is 15.9. The summed E-state index contributed by atoms with van der Waals surface area (Å²) in [5, 5.41) is 13.9. The van der Waals surface area contributed by atoms with Crippen LogP contribution in [0.1, 0.15) is 55.7 Å². The molecule has 0 amide bonds. The van der Waals surface area contributed by atoms with Gasteiger partial charge in [-0.05, 0) is 104 Å². The van der Waals surface area contributed by atoms with E-state index in [1.54, 1.807) is 0 Å². The Morgan fingerprint density at radius 2 is 1.70 bits per heavy atom. The number of aromatic nitrogens is 5. The Labute approximate surface area is 216 Å². The molecule has 9 heteroatoms. The number of nitrogens with zero attached hydrogens (tertiary/aromatic N) is 6. The highest BCUT2D eigenvalue weighted by molar-refractivity contribution is 5.81. The SMILES string of the molecule is CCC(C)(C)n1nnnc1[C@H](c1cc2cc(C)c(C)cc2[nH]c1=O)N1CCN(c2ccc(F)cc2)CC1. The second kappa shape index (κ2) is 9.70. The van der Waals surface area contributed by atoms with E-state index in [0.717, 1.165) is 41.7 Å². The van der Waals surface area contributed by atoms with Gasteiger partial charge in [0.2, 0.25) is 0 Å². The highest BCUT2D eigenvalue weighted by Crippen LogP contribution is 2.32. The number of H-pyrrole nitrogens is 1. The monoisotopic (exact) mass is 503 g/mol. The fourth-order valence-corrected chi connectivity index (χ4v) is 5.03. The Bertz CT molecular complexity index is 1470. The first-order valence-corrected chi connectivity index (χ1v) is 12.9. The minimum absolute atomic E-state index is 0.134. The molecule has 0 spiro atoms. The molecule has 0 saturated carbocycles. The van der Waals surface area contributed by atoms with Crippen molar-refractivity contribution in [2.24, 2.45) is 0 Å².